The summed E-state index contributed by atoms with van der Waals surface area (Å²) in [5, 5.41) is 9.67. The number of sulfone groups is 1. The van der Waals surface area contributed by atoms with Gasteiger partial charge in [0.2, 0.25) is 0 Å². The summed E-state index contributed by atoms with van der Waals surface area (Å²) >= 11 is 6.07. The van der Waals surface area contributed by atoms with E-state index >= 15 is 0 Å². The zero-order valence-electron chi connectivity index (χ0n) is 11.3. The molecule has 0 amide bonds. The second-order valence-electron chi connectivity index (χ2n) is 5.05. The monoisotopic (exact) mass is 304 g/mol. The molecule has 0 saturated carbocycles. The molecule has 0 fully saturated rings. The normalized spacial score (nSPS) is 13.7. The Labute approximate surface area is 120 Å². The van der Waals surface area contributed by atoms with Gasteiger partial charge in [0.15, 0.2) is 9.84 Å². The fraction of sp³-hybridized carbons (Fsp3) is 0.571. The topological polar surface area (TPSA) is 54.4 Å². The predicted octanol–water partition coefficient (Wildman–Crippen LogP) is 2.70. The van der Waals surface area contributed by atoms with Crippen molar-refractivity contribution in [2.75, 3.05) is 12.4 Å². The Hall–Kier alpha value is -0.580. The molecule has 0 saturated heterocycles. The van der Waals surface area contributed by atoms with Crippen molar-refractivity contribution in [3.63, 3.8) is 0 Å². The average Bonchev–Trinajstić information content (AvgIpc) is 2.36. The van der Waals surface area contributed by atoms with Crippen LogP contribution in [0, 0.1) is 5.92 Å². The van der Waals surface area contributed by atoms with E-state index in [-0.39, 0.29) is 23.5 Å². The SMILES string of the molecule is CC(C)S(=O)(=O)CCC(CO)Cc1ccccc1Cl. The standard InChI is InChI=1S/C14H21ClO3S/c1-11(2)19(17,18)8-7-12(10-16)9-13-5-3-4-6-14(13)15/h3-6,11-12,16H,7-10H2,1-2H3. The van der Waals surface area contributed by atoms with Gasteiger partial charge in [0, 0.05) is 11.6 Å². The van der Waals surface area contributed by atoms with Crippen molar-refractivity contribution in [2.24, 2.45) is 5.92 Å². The van der Waals surface area contributed by atoms with E-state index < -0.39 is 9.84 Å². The molecule has 1 rings (SSSR count). The van der Waals surface area contributed by atoms with Crippen molar-refractivity contribution in [1.29, 1.82) is 0 Å². The summed E-state index contributed by atoms with van der Waals surface area (Å²) in [5.41, 5.74) is 0.949. The van der Waals surface area contributed by atoms with Gasteiger partial charge in [-0.05, 0) is 44.2 Å². The van der Waals surface area contributed by atoms with E-state index in [0.717, 1.165) is 5.56 Å². The maximum Gasteiger partial charge on any atom is 0.152 e. The van der Waals surface area contributed by atoms with Gasteiger partial charge >= 0.3 is 0 Å². The highest BCUT2D eigenvalue weighted by Gasteiger charge is 2.19. The van der Waals surface area contributed by atoms with Gasteiger partial charge < -0.3 is 5.11 Å². The second kappa shape index (κ2) is 7.27. The van der Waals surface area contributed by atoms with E-state index in [2.05, 4.69) is 0 Å². The molecule has 0 aliphatic carbocycles. The number of aliphatic hydroxyl groups is 1. The third kappa shape index (κ3) is 5.13. The van der Waals surface area contributed by atoms with Crippen LogP contribution in [0.3, 0.4) is 0 Å². The van der Waals surface area contributed by atoms with Gasteiger partial charge in [-0.1, -0.05) is 29.8 Å². The molecule has 0 aliphatic heterocycles. The van der Waals surface area contributed by atoms with Crippen molar-refractivity contribution in [1.82, 2.24) is 0 Å². The van der Waals surface area contributed by atoms with Crippen LogP contribution in [0.4, 0.5) is 0 Å². The Morgan fingerprint density at radius 1 is 1.26 bits per heavy atom. The van der Waals surface area contributed by atoms with Gasteiger partial charge in [-0.3, -0.25) is 0 Å². The lowest BCUT2D eigenvalue weighted by atomic mass is 9.98. The molecule has 0 radical (unpaired) electrons. The Bertz CT molecular complexity index is 497. The highest BCUT2D eigenvalue weighted by molar-refractivity contribution is 7.91. The first-order chi connectivity index (χ1) is 8.86. The lowest BCUT2D eigenvalue weighted by Crippen LogP contribution is -2.21. The minimum Gasteiger partial charge on any atom is -0.396 e. The first-order valence-corrected chi connectivity index (χ1v) is 8.52. The van der Waals surface area contributed by atoms with Crippen molar-refractivity contribution in [2.45, 2.75) is 31.9 Å². The molecule has 108 valence electrons. The van der Waals surface area contributed by atoms with E-state index in [1.807, 2.05) is 18.2 Å². The third-order valence-corrected chi connectivity index (χ3v) is 5.86. The van der Waals surface area contributed by atoms with E-state index in [0.29, 0.717) is 17.9 Å². The highest BCUT2D eigenvalue weighted by Crippen LogP contribution is 2.21. The Kier molecular flexibility index (Phi) is 6.30. The number of hydrogen-bond acceptors (Lipinski definition) is 3. The molecule has 1 aromatic carbocycles. The zero-order valence-corrected chi connectivity index (χ0v) is 12.9. The Morgan fingerprint density at radius 2 is 1.89 bits per heavy atom. The molecule has 3 nitrogen and oxygen atoms in total. The van der Waals surface area contributed by atoms with Crippen LogP contribution < -0.4 is 0 Å². The number of aliphatic hydroxyl groups excluding tert-OH is 1. The lowest BCUT2D eigenvalue weighted by Gasteiger charge is -2.16. The molecule has 1 unspecified atom stereocenters. The second-order valence-corrected chi connectivity index (χ2v) is 8.13. The minimum absolute atomic E-state index is 0.0289. The van der Waals surface area contributed by atoms with Gasteiger partial charge in [-0.25, -0.2) is 8.42 Å². The Balaban J connectivity index is 2.63. The molecule has 0 aliphatic rings. The van der Waals surface area contributed by atoms with Crippen LogP contribution >= 0.6 is 11.6 Å². The fourth-order valence-corrected chi connectivity index (χ4v) is 3.15. The number of hydrogen-bond donors (Lipinski definition) is 1. The molecular formula is C14H21ClO3S. The zero-order chi connectivity index (χ0) is 14.5. The van der Waals surface area contributed by atoms with E-state index in [1.54, 1.807) is 19.9 Å². The van der Waals surface area contributed by atoms with E-state index in [9.17, 15) is 13.5 Å². The minimum atomic E-state index is -3.05. The quantitative estimate of drug-likeness (QED) is 0.842. The first kappa shape index (κ1) is 16.5. The predicted molar refractivity (Wildman–Crippen MR) is 79.3 cm³/mol. The van der Waals surface area contributed by atoms with Crippen LogP contribution in [0.15, 0.2) is 24.3 Å². The molecule has 0 bridgehead atoms. The summed E-state index contributed by atoms with van der Waals surface area (Å²) in [4.78, 5) is 0. The van der Waals surface area contributed by atoms with Crippen LogP contribution in [0.25, 0.3) is 0 Å². The molecule has 0 heterocycles. The lowest BCUT2D eigenvalue weighted by molar-refractivity contribution is 0.222. The summed E-state index contributed by atoms with van der Waals surface area (Å²) in [6.45, 7) is 3.33. The number of halogens is 1. The maximum absolute atomic E-state index is 11.8. The summed E-state index contributed by atoms with van der Waals surface area (Å²) in [6, 6.07) is 7.45. The van der Waals surface area contributed by atoms with Gasteiger partial charge in [0.05, 0.1) is 11.0 Å². The molecule has 1 aromatic rings. The molecule has 0 spiro atoms. The molecule has 19 heavy (non-hydrogen) atoms. The van der Waals surface area contributed by atoms with Gasteiger partial charge in [-0.2, -0.15) is 0 Å². The molecule has 5 heteroatoms. The molecule has 0 aromatic heterocycles. The average molecular weight is 305 g/mol. The van der Waals surface area contributed by atoms with E-state index in [1.165, 1.54) is 0 Å². The highest BCUT2D eigenvalue weighted by atomic mass is 35.5. The first-order valence-electron chi connectivity index (χ1n) is 6.42. The van der Waals surface area contributed by atoms with Crippen molar-refractivity contribution < 1.29 is 13.5 Å². The fourth-order valence-electron chi connectivity index (χ4n) is 1.80. The van der Waals surface area contributed by atoms with Gasteiger partial charge in [-0.15, -0.1) is 0 Å². The van der Waals surface area contributed by atoms with Gasteiger partial charge in [0.25, 0.3) is 0 Å². The van der Waals surface area contributed by atoms with Crippen molar-refractivity contribution in [3.05, 3.63) is 34.9 Å². The largest absolute Gasteiger partial charge is 0.396 e. The molecule has 1 N–H and O–H groups in total. The number of benzene rings is 1. The van der Waals surface area contributed by atoms with Gasteiger partial charge in [0.1, 0.15) is 0 Å². The summed E-state index contributed by atoms with van der Waals surface area (Å²) in [5.74, 6) is 0.0359. The summed E-state index contributed by atoms with van der Waals surface area (Å²) in [7, 11) is -3.05. The van der Waals surface area contributed by atoms with Crippen molar-refractivity contribution in [3.8, 4) is 0 Å². The van der Waals surface area contributed by atoms with Crippen LogP contribution in [-0.4, -0.2) is 31.1 Å². The molecule has 1 atom stereocenters. The summed E-state index contributed by atoms with van der Waals surface area (Å²) < 4.78 is 23.5. The van der Waals surface area contributed by atoms with Crippen LogP contribution in [0.2, 0.25) is 5.02 Å². The molecular weight excluding hydrogens is 284 g/mol. The van der Waals surface area contributed by atoms with Crippen molar-refractivity contribution >= 4 is 21.4 Å². The third-order valence-electron chi connectivity index (χ3n) is 3.25. The van der Waals surface area contributed by atoms with Crippen LogP contribution in [0.5, 0.6) is 0 Å². The number of rotatable bonds is 7. The smallest absolute Gasteiger partial charge is 0.152 e. The van der Waals surface area contributed by atoms with Crippen LogP contribution in [-0.2, 0) is 16.3 Å². The maximum atomic E-state index is 11.8. The Morgan fingerprint density at radius 3 is 2.42 bits per heavy atom. The van der Waals surface area contributed by atoms with Crippen LogP contribution in [0.1, 0.15) is 25.8 Å². The summed E-state index contributed by atoms with van der Waals surface area (Å²) in [6.07, 6.45) is 1.06. The van der Waals surface area contributed by atoms with E-state index in [4.69, 9.17) is 11.6 Å².